The number of para-hydroxylation sites is 1. The van der Waals surface area contributed by atoms with Gasteiger partial charge >= 0.3 is 0 Å². The normalized spacial score (nSPS) is 12.4. The highest BCUT2D eigenvalue weighted by atomic mass is 32.2. The number of aryl methyl sites for hydroxylation is 4. The van der Waals surface area contributed by atoms with Crippen LogP contribution in [-0.4, -0.2) is 30.7 Å². The molecule has 0 spiro atoms. The van der Waals surface area contributed by atoms with Gasteiger partial charge in [-0.3, -0.25) is 4.79 Å². The Kier molecular flexibility index (Phi) is 5.00. The number of aromatic nitrogens is 4. The van der Waals surface area contributed by atoms with Gasteiger partial charge in [-0.2, -0.15) is 4.52 Å². The zero-order valence-corrected chi connectivity index (χ0v) is 18.0. The number of carbonyl (C=O) groups is 1. The van der Waals surface area contributed by atoms with E-state index >= 15 is 0 Å². The van der Waals surface area contributed by atoms with Gasteiger partial charge < -0.3 is 5.32 Å². The van der Waals surface area contributed by atoms with Crippen molar-refractivity contribution in [1.82, 2.24) is 19.6 Å². The molecule has 0 fully saturated rings. The number of benzene rings is 2. The maximum absolute atomic E-state index is 12.9. The quantitative estimate of drug-likeness (QED) is 0.396. The average Bonchev–Trinajstić information content (AvgIpc) is 3.06. The van der Waals surface area contributed by atoms with Gasteiger partial charge in [-0.25, -0.2) is 9.97 Å². The Morgan fingerprint density at radius 1 is 1.07 bits per heavy atom. The van der Waals surface area contributed by atoms with E-state index in [-0.39, 0.29) is 11.2 Å². The monoisotopic (exact) mass is 405 g/mol. The third-order valence-corrected chi connectivity index (χ3v) is 5.87. The molecule has 6 nitrogen and oxygen atoms in total. The van der Waals surface area contributed by atoms with Crippen LogP contribution in [0.1, 0.15) is 29.4 Å². The molecule has 148 valence electrons. The predicted molar refractivity (Wildman–Crippen MR) is 118 cm³/mol. The Morgan fingerprint density at radius 2 is 1.76 bits per heavy atom. The standard InChI is InChI=1S/C22H23N5OS/c1-12-10-13(2)19(14(3)11-12)25-21(28)15(4)29-22-24-18-9-7-6-8-17(18)20-23-16(5)26-27(20)22/h6-11,15H,1-5H3,(H,25,28). The molecule has 4 aromatic rings. The van der Waals surface area contributed by atoms with E-state index < -0.39 is 0 Å². The van der Waals surface area contributed by atoms with Crippen molar-refractivity contribution in [2.75, 3.05) is 5.32 Å². The molecular weight excluding hydrogens is 382 g/mol. The minimum atomic E-state index is -0.350. The van der Waals surface area contributed by atoms with Crippen molar-refractivity contribution in [2.24, 2.45) is 0 Å². The lowest BCUT2D eigenvalue weighted by Crippen LogP contribution is -2.24. The highest BCUT2D eigenvalue weighted by Crippen LogP contribution is 2.28. The van der Waals surface area contributed by atoms with Gasteiger partial charge in [-0.05, 0) is 57.9 Å². The molecule has 0 bridgehead atoms. The Balaban J connectivity index is 1.65. The Bertz CT molecular complexity index is 1220. The number of fused-ring (bicyclic) bond motifs is 3. The summed E-state index contributed by atoms with van der Waals surface area (Å²) in [5.74, 6) is 0.609. The number of nitrogens with zero attached hydrogens (tertiary/aromatic N) is 4. The van der Waals surface area contributed by atoms with E-state index in [1.165, 1.54) is 17.3 Å². The first kappa shape index (κ1) is 19.4. The van der Waals surface area contributed by atoms with Crippen LogP contribution in [0.2, 0.25) is 0 Å². The molecule has 0 saturated heterocycles. The van der Waals surface area contributed by atoms with E-state index in [0.717, 1.165) is 33.4 Å². The van der Waals surface area contributed by atoms with Gasteiger partial charge in [0.25, 0.3) is 0 Å². The zero-order chi connectivity index (χ0) is 20.7. The van der Waals surface area contributed by atoms with Crippen LogP contribution in [0.25, 0.3) is 16.6 Å². The first-order valence-corrected chi connectivity index (χ1v) is 10.4. The molecule has 0 aliphatic rings. The lowest BCUT2D eigenvalue weighted by molar-refractivity contribution is -0.115. The van der Waals surface area contributed by atoms with Crippen LogP contribution in [0.15, 0.2) is 41.6 Å². The van der Waals surface area contributed by atoms with Crippen molar-refractivity contribution >= 4 is 39.9 Å². The fourth-order valence-electron chi connectivity index (χ4n) is 3.52. The maximum atomic E-state index is 12.9. The van der Waals surface area contributed by atoms with Gasteiger partial charge in [0.05, 0.1) is 10.8 Å². The van der Waals surface area contributed by atoms with Crippen molar-refractivity contribution in [3.63, 3.8) is 0 Å². The van der Waals surface area contributed by atoms with Crippen molar-refractivity contribution in [2.45, 2.75) is 45.0 Å². The summed E-state index contributed by atoms with van der Waals surface area (Å²) < 4.78 is 1.73. The van der Waals surface area contributed by atoms with Crippen LogP contribution in [-0.2, 0) is 4.79 Å². The topological polar surface area (TPSA) is 72.2 Å². The predicted octanol–water partition coefficient (Wildman–Crippen LogP) is 4.63. The molecule has 0 saturated carbocycles. The third kappa shape index (κ3) is 3.70. The maximum Gasteiger partial charge on any atom is 0.237 e. The molecular formula is C22H23N5OS. The number of rotatable bonds is 4. The summed E-state index contributed by atoms with van der Waals surface area (Å²) in [6.07, 6.45) is 0. The minimum absolute atomic E-state index is 0.0648. The molecule has 1 atom stereocenters. The zero-order valence-electron chi connectivity index (χ0n) is 17.1. The second-order valence-electron chi connectivity index (χ2n) is 7.33. The van der Waals surface area contributed by atoms with Crippen LogP contribution in [0.3, 0.4) is 0 Å². The molecule has 0 aliphatic heterocycles. The summed E-state index contributed by atoms with van der Waals surface area (Å²) in [7, 11) is 0. The van der Waals surface area contributed by atoms with E-state index in [0.29, 0.717) is 11.0 Å². The summed E-state index contributed by atoms with van der Waals surface area (Å²) in [5.41, 5.74) is 5.78. The fraction of sp³-hybridized carbons (Fsp3) is 0.273. The van der Waals surface area contributed by atoms with E-state index in [4.69, 9.17) is 4.98 Å². The molecule has 1 N–H and O–H groups in total. The highest BCUT2D eigenvalue weighted by Gasteiger charge is 2.20. The van der Waals surface area contributed by atoms with Crippen LogP contribution in [0, 0.1) is 27.7 Å². The number of hydrogen-bond donors (Lipinski definition) is 1. The van der Waals surface area contributed by atoms with Crippen molar-refractivity contribution in [1.29, 1.82) is 0 Å². The van der Waals surface area contributed by atoms with E-state index in [1.807, 2.05) is 52.0 Å². The van der Waals surface area contributed by atoms with Crippen molar-refractivity contribution in [3.8, 4) is 0 Å². The minimum Gasteiger partial charge on any atom is -0.325 e. The Morgan fingerprint density at radius 3 is 2.48 bits per heavy atom. The van der Waals surface area contributed by atoms with Crippen molar-refractivity contribution in [3.05, 3.63) is 58.9 Å². The number of hydrogen-bond acceptors (Lipinski definition) is 5. The number of thioether (sulfide) groups is 1. The van der Waals surface area contributed by atoms with Gasteiger partial charge in [0, 0.05) is 11.1 Å². The highest BCUT2D eigenvalue weighted by molar-refractivity contribution is 8.00. The van der Waals surface area contributed by atoms with Gasteiger partial charge in [0.15, 0.2) is 10.8 Å². The molecule has 2 aromatic heterocycles. The van der Waals surface area contributed by atoms with Crippen LogP contribution < -0.4 is 5.32 Å². The van der Waals surface area contributed by atoms with Gasteiger partial charge in [0.1, 0.15) is 5.82 Å². The molecule has 0 aliphatic carbocycles. The van der Waals surface area contributed by atoms with Crippen molar-refractivity contribution < 1.29 is 4.79 Å². The molecule has 2 heterocycles. The van der Waals surface area contributed by atoms with Crippen LogP contribution >= 0.6 is 11.8 Å². The summed E-state index contributed by atoms with van der Waals surface area (Å²) in [4.78, 5) is 22.2. The number of nitrogens with one attached hydrogen (secondary N) is 1. The third-order valence-electron chi connectivity index (χ3n) is 4.83. The smallest absolute Gasteiger partial charge is 0.237 e. The van der Waals surface area contributed by atoms with Crippen LogP contribution in [0.4, 0.5) is 5.69 Å². The second kappa shape index (κ2) is 7.48. The molecule has 29 heavy (non-hydrogen) atoms. The van der Waals surface area contributed by atoms with Gasteiger partial charge in [-0.15, -0.1) is 5.10 Å². The molecule has 2 aromatic carbocycles. The Hall–Kier alpha value is -2.93. The molecule has 1 amide bonds. The summed E-state index contributed by atoms with van der Waals surface area (Å²) >= 11 is 1.38. The van der Waals surface area contributed by atoms with E-state index in [2.05, 4.69) is 34.5 Å². The largest absolute Gasteiger partial charge is 0.325 e. The molecule has 4 rings (SSSR count). The number of carbonyl (C=O) groups excluding carboxylic acids is 1. The second-order valence-corrected chi connectivity index (χ2v) is 8.64. The van der Waals surface area contributed by atoms with Gasteiger partial charge in [0.2, 0.25) is 5.91 Å². The number of amides is 1. The lowest BCUT2D eigenvalue weighted by atomic mass is 10.1. The number of anilines is 1. The lowest BCUT2D eigenvalue weighted by Gasteiger charge is -2.16. The van der Waals surface area contributed by atoms with Gasteiger partial charge in [-0.1, -0.05) is 41.6 Å². The fourth-order valence-corrected chi connectivity index (χ4v) is 4.38. The molecule has 0 radical (unpaired) electrons. The SMILES string of the molecule is Cc1cc(C)c(NC(=O)C(C)Sc2nc3ccccc3c3nc(C)nn23)c(C)c1. The Labute approximate surface area is 173 Å². The molecule has 1 unspecified atom stereocenters. The van der Waals surface area contributed by atoms with Crippen LogP contribution in [0.5, 0.6) is 0 Å². The van der Waals surface area contributed by atoms with E-state index in [9.17, 15) is 4.79 Å². The summed E-state index contributed by atoms with van der Waals surface area (Å²) in [6, 6.07) is 12.0. The van der Waals surface area contributed by atoms with E-state index in [1.54, 1.807) is 4.52 Å². The first-order valence-electron chi connectivity index (χ1n) is 9.51. The summed E-state index contributed by atoms with van der Waals surface area (Å²) in [6.45, 7) is 9.82. The molecule has 7 heteroatoms. The average molecular weight is 406 g/mol. The first-order chi connectivity index (χ1) is 13.8. The summed E-state index contributed by atoms with van der Waals surface area (Å²) in [5, 5.41) is 8.82.